The molecule has 0 saturated carbocycles. The quantitative estimate of drug-likeness (QED) is 0.552. The van der Waals surface area contributed by atoms with Crippen molar-refractivity contribution in [2.24, 2.45) is 0 Å². The van der Waals surface area contributed by atoms with Gasteiger partial charge in [-0.3, -0.25) is 0 Å². The monoisotopic (exact) mass is 261 g/mol. The van der Waals surface area contributed by atoms with Crippen LogP contribution >= 0.6 is 0 Å². The van der Waals surface area contributed by atoms with Crippen LogP contribution in [0.3, 0.4) is 0 Å². The molecule has 0 aliphatic heterocycles. The lowest BCUT2D eigenvalue weighted by Crippen LogP contribution is -2.14. The first kappa shape index (κ1) is 16.2. The highest BCUT2D eigenvalue weighted by Crippen LogP contribution is 2.11. The molecule has 0 heterocycles. The van der Waals surface area contributed by atoms with Gasteiger partial charge in [0.25, 0.3) is 0 Å². The predicted molar refractivity (Wildman–Crippen MR) is 85.8 cm³/mol. The fraction of sp³-hybridized carbons (Fsp3) is 0.667. The normalized spacial score (nSPS) is 11.2. The van der Waals surface area contributed by atoms with Crippen LogP contribution < -0.4 is 0 Å². The fourth-order valence-electron chi connectivity index (χ4n) is 2.33. The van der Waals surface area contributed by atoms with E-state index >= 15 is 0 Å². The summed E-state index contributed by atoms with van der Waals surface area (Å²) >= 11 is 0. The molecule has 0 amide bonds. The number of unbranched alkanes of at least 4 members (excludes halogenated alkanes) is 5. The van der Waals surface area contributed by atoms with Crippen LogP contribution in [0.5, 0.6) is 0 Å². The third-order valence-corrected chi connectivity index (χ3v) is 3.69. The first-order valence-corrected chi connectivity index (χ1v) is 7.95. The van der Waals surface area contributed by atoms with Gasteiger partial charge in [0, 0.05) is 6.54 Å². The van der Waals surface area contributed by atoms with Crippen molar-refractivity contribution in [3.8, 4) is 0 Å². The van der Waals surface area contributed by atoms with E-state index in [-0.39, 0.29) is 0 Å². The largest absolute Gasteiger partial charge is 0.309 e. The molecule has 0 N–H and O–H groups in total. The van der Waals surface area contributed by atoms with Crippen LogP contribution in [-0.4, -0.2) is 25.5 Å². The van der Waals surface area contributed by atoms with Crippen LogP contribution in [0.4, 0.5) is 0 Å². The van der Waals surface area contributed by atoms with E-state index in [1.54, 1.807) is 0 Å². The number of hydrogen-bond donors (Lipinski definition) is 0. The van der Waals surface area contributed by atoms with Crippen LogP contribution in [0.1, 0.15) is 56.6 Å². The van der Waals surface area contributed by atoms with Crippen molar-refractivity contribution in [3.63, 3.8) is 0 Å². The number of hydrogen-bond acceptors (Lipinski definition) is 1. The summed E-state index contributed by atoms with van der Waals surface area (Å²) in [6.07, 6.45) is 10.7. The maximum Gasteiger partial charge on any atom is 0.00157 e. The summed E-state index contributed by atoms with van der Waals surface area (Å²) in [5, 5.41) is 0. The van der Waals surface area contributed by atoms with Gasteiger partial charge in [0.15, 0.2) is 0 Å². The SMILES string of the molecule is CCCCCCCCc1ccc(CCN(C)C)cc1. The van der Waals surface area contributed by atoms with E-state index in [2.05, 4.69) is 50.2 Å². The second kappa shape index (κ2) is 10.0. The highest BCUT2D eigenvalue weighted by atomic mass is 15.0. The zero-order chi connectivity index (χ0) is 13.9. The number of nitrogens with zero attached hydrogens (tertiary/aromatic N) is 1. The molecule has 0 fully saturated rings. The molecule has 0 aliphatic rings. The van der Waals surface area contributed by atoms with E-state index in [9.17, 15) is 0 Å². The summed E-state index contributed by atoms with van der Waals surface area (Å²) in [5.74, 6) is 0. The van der Waals surface area contributed by atoms with E-state index in [0.717, 1.165) is 13.0 Å². The number of benzene rings is 1. The molecule has 19 heavy (non-hydrogen) atoms. The first-order chi connectivity index (χ1) is 9.22. The smallest absolute Gasteiger partial charge is 0.00157 e. The number of aryl methyl sites for hydroxylation is 1. The van der Waals surface area contributed by atoms with Gasteiger partial charge in [-0.15, -0.1) is 0 Å². The minimum Gasteiger partial charge on any atom is -0.309 e. The predicted octanol–water partition coefficient (Wildman–Crippen LogP) is 4.69. The maximum atomic E-state index is 2.32. The summed E-state index contributed by atoms with van der Waals surface area (Å²) < 4.78 is 0. The molecule has 0 aromatic heterocycles. The third kappa shape index (κ3) is 8.05. The van der Waals surface area contributed by atoms with E-state index in [1.807, 2.05) is 0 Å². The van der Waals surface area contributed by atoms with Gasteiger partial charge in [-0.1, -0.05) is 63.3 Å². The fourth-order valence-corrected chi connectivity index (χ4v) is 2.33. The Morgan fingerprint density at radius 3 is 1.84 bits per heavy atom. The average molecular weight is 261 g/mol. The first-order valence-electron chi connectivity index (χ1n) is 7.95. The Balaban J connectivity index is 2.17. The van der Waals surface area contributed by atoms with Crippen LogP contribution in [-0.2, 0) is 12.8 Å². The van der Waals surface area contributed by atoms with Crippen LogP contribution in [0.2, 0.25) is 0 Å². The molecule has 1 aromatic rings. The zero-order valence-electron chi connectivity index (χ0n) is 13.1. The molecule has 1 heteroatoms. The Hall–Kier alpha value is -0.820. The second-order valence-electron chi connectivity index (χ2n) is 5.89. The number of likely N-dealkylation sites (N-methyl/N-ethyl adjacent to an activating group) is 1. The molecule has 0 unspecified atom stereocenters. The molecule has 0 saturated heterocycles. The minimum atomic E-state index is 1.14. The molecule has 1 rings (SSSR count). The van der Waals surface area contributed by atoms with Gasteiger partial charge in [0.1, 0.15) is 0 Å². The number of rotatable bonds is 10. The average Bonchev–Trinajstić information content (AvgIpc) is 2.41. The van der Waals surface area contributed by atoms with Gasteiger partial charge in [0.2, 0.25) is 0 Å². The topological polar surface area (TPSA) is 3.24 Å². The molecule has 0 bridgehead atoms. The molecule has 1 aromatic carbocycles. The molecule has 0 radical (unpaired) electrons. The third-order valence-electron chi connectivity index (χ3n) is 3.69. The minimum absolute atomic E-state index is 1.14. The lowest BCUT2D eigenvalue weighted by molar-refractivity contribution is 0.413. The lowest BCUT2D eigenvalue weighted by Gasteiger charge is -2.09. The molecule has 1 nitrogen and oxygen atoms in total. The molecule has 108 valence electrons. The summed E-state index contributed by atoms with van der Waals surface area (Å²) in [7, 11) is 4.26. The van der Waals surface area contributed by atoms with Crippen molar-refractivity contribution < 1.29 is 0 Å². The van der Waals surface area contributed by atoms with Crippen molar-refractivity contribution in [1.82, 2.24) is 4.90 Å². The second-order valence-corrected chi connectivity index (χ2v) is 5.89. The van der Waals surface area contributed by atoms with E-state index in [4.69, 9.17) is 0 Å². The summed E-state index contributed by atoms with van der Waals surface area (Å²) in [6.45, 7) is 3.41. The van der Waals surface area contributed by atoms with Gasteiger partial charge >= 0.3 is 0 Å². The van der Waals surface area contributed by atoms with Crippen molar-refractivity contribution in [2.45, 2.75) is 58.3 Å². The van der Waals surface area contributed by atoms with E-state index in [1.165, 1.54) is 56.1 Å². The molecule has 0 spiro atoms. The Morgan fingerprint density at radius 1 is 0.737 bits per heavy atom. The van der Waals surface area contributed by atoms with Gasteiger partial charge in [-0.2, -0.15) is 0 Å². The van der Waals surface area contributed by atoms with E-state index < -0.39 is 0 Å². The summed E-state index contributed by atoms with van der Waals surface area (Å²) in [5.41, 5.74) is 2.96. The zero-order valence-corrected chi connectivity index (χ0v) is 13.1. The summed E-state index contributed by atoms with van der Waals surface area (Å²) in [6, 6.07) is 9.24. The maximum absolute atomic E-state index is 2.32. The van der Waals surface area contributed by atoms with E-state index in [0.29, 0.717) is 0 Å². The lowest BCUT2D eigenvalue weighted by atomic mass is 10.0. The summed E-state index contributed by atoms with van der Waals surface area (Å²) in [4.78, 5) is 2.24. The van der Waals surface area contributed by atoms with Crippen molar-refractivity contribution in [1.29, 1.82) is 0 Å². The van der Waals surface area contributed by atoms with Crippen molar-refractivity contribution in [2.75, 3.05) is 20.6 Å². The van der Waals surface area contributed by atoms with Gasteiger partial charge in [-0.05, 0) is 44.5 Å². The van der Waals surface area contributed by atoms with Crippen LogP contribution in [0, 0.1) is 0 Å². The van der Waals surface area contributed by atoms with Crippen molar-refractivity contribution >= 4 is 0 Å². The Bertz CT molecular complexity index is 313. The van der Waals surface area contributed by atoms with Gasteiger partial charge in [-0.25, -0.2) is 0 Å². The molecular weight excluding hydrogens is 230 g/mol. The Morgan fingerprint density at radius 2 is 1.26 bits per heavy atom. The van der Waals surface area contributed by atoms with Gasteiger partial charge < -0.3 is 4.90 Å². The Kier molecular flexibility index (Phi) is 8.57. The Labute approximate surface area is 120 Å². The van der Waals surface area contributed by atoms with Crippen molar-refractivity contribution in [3.05, 3.63) is 35.4 Å². The highest BCUT2D eigenvalue weighted by Gasteiger charge is 1.97. The highest BCUT2D eigenvalue weighted by molar-refractivity contribution is 5.22. The molecule has 0 aliphatic carbocycles. The van der Waals surface area contributed by atoms with Gasteiger partial charge in [0.05, 0.1) is 0 Å². The standard InChI is InChI=1S/C18H31N/c1-4-5-6-7-8-9-10-17-11-13-18(14-12-17)15-16-19(2)3/h11-14H,4-10,15-16H2,1-3H3. The van der Waals surface area contributed by atoms with Crippen LogP contribution in [0.15, 0.2) is 24.3 Å². The molecular formula is C18H31N. The molecule has 0 atom stereocenters. The van der Waals surface area contributed by atoms with Crippen LogP contribution in [0.25, 0.3) is 0 Å².